The topological polar surface area (TPSA) is 33.4 Å². The first-order valence-corrected chi connectivity index (χ1v) is 7.62. The van der Waals surface area contributed by atoms with Gasteiger partial charge in [0.1, 0.15) is 11.3 Å². The Balaban J connectivity index is 2.02. The molecule has 1 unspecified atom stereocenters. The van der Waals surface area contributed by atoms with E-state index in [1.54, 1.807) is 6.08 Å². The number of hydrogen-bond acceptors (Lipinski definition) is 2. The number of furan rings is 1. The molecule has 0 aliphatic heterocycles. The summed E-state index contributed by atoms with van der Waals surface area (Å²) in [6.07, 6.45) is 2.87. The molecule has 2 heteroatoms. The minimum Gasteiger partial charge on any atom is -0.457 e. The average Bonchev–Trinajstić information content (AvgIpc) is 3.04. The second kappa shape index (κ2) is 6.56. The second-order valence-electron chi connectivity index (χ2n) is 5.45. The van der Waals surface area contributed by atoms with Crippen molar-refractivity contribution in [3.63, 3.8) is 0 Å². The molecule has 2 aromatic carbocycles. The zero-order chi connectivity index (χ0) is 16.1. The quantitative estimate of drug-likeness (QED) is 0.562. The van der Waals surface area contributed by atoms with Crippen LogP contribution in [0, 0.1) is 11.8 Å². The number of benzene rings is 2. The van der Waals surface area contributed by atoms with Gasteiger partial charge in [0, 0.05) is 10.9 Å². The highest BCUT2D eigenvalue weighted by Gasteiger charge is 2.30. The zero-order valence-electron chi connectivity index (χ0n) is 12.8. The van der Waals surface area contributed by atoms with Gasteiger partial charge in [-0.3, -0.25) is 0 Å². The van der Waals surface area contributed by atoms with Crippen LogP contribution in [-0.4, -0.2) is 5.11 Å². The number of fused-ring (bicyclic) bond motifs is 1. The van der Waals surface area contributed by atoms with E-state index in [9.17, 15) is 5.11 Å². The molecule has 0 saturated carbocycles. The molecule has 0 fully saturated rings. The summed E-state index contributed by atoms with van der Waals surface area (Å²) in [4.78, 5) is 0. The summed E-state index contributed by atoms with van der Waals surface area (Å²) >= 11 is 0. The molecule has 0 amide bonds. The number of aliphatic hydroxyl groups is 1. The lowest BCUT2D eigenvalue weighted by atomic mass is 9.94. The van der Waals surface area contributed by atoms with E-state index in [2.05, 4.69) is 18.4 Å². The van der Waals surface area contributed by atoms with E-state index in [0.717, 1.165) is 16.5 Å². The smallest absolute Gasteiger partial charge is 0.184 e. The zero-order valence-corrected chi connectivity index (χ0v) is 12.8. The van der Waals surface area contributed by atoms with E-state index < -0.39 is 5.60 Å². The molecular weight excluding hydrogens is 284 g/mol. The predicted octanol–water partition coefficient (Wildman–Crippen LogP) is 4.64. The van der Waals surface area contributed by atoms with Crippen molar-refractivity contribution in [2.45, 2.75) is 18.4 Å². The normalized spacial score (nSPS) is 13.1. The Labute approximate surface area is 136 Å². The first-order chi connectivity index (χ1) is 11.2. The lowest BCUT2D eigenvalue weighted by Crippen LogP contribution is -2.22. The molecule has 0 radical (unpaired) electrons. The third-order valence-electron chi connectivity index (χ3n) is 3.73. The van der Waals surface area contributed by atoms with E-state index in [-0.39, 0.29) is 0 Å². The Kier molecular flexibility index (Phi) is 4.32. The van der Waals surface area contributed by atoms with Crippen molar-refractivity contribution < 1.29 is 9.52 Å². The van der Waals surface area contributed by atoms with Gasteiger partial charge in [0.15, 0.2) is 5.60 Å². The van der Waals surface area contributed by atoms with Gasteiger partial charge in [0.25, 0.3) is 0 Å². The average molecular weight is 302 g/mol. The highest BCUT2D eigenvalue weighted by molar-refractivity contribution is 5.78. The van der Waals surface area contributed by atoms with Gasteiger partial charge in [-0.05, 0) is 37.1 Å². The van der Waals surface area contributed by atoms with Gasteiger partial charge in [-0.15, -0.1) is 6.58 Å². The Bertz CT molecular complexity index is 832. The van der Waals surface area contributed by atoms with Crippen molar-refractivity contribution in [3.05, 3.63) is 84.6 Å². The summed E-state index contributed by atoms with van der Waals surface area (Å²) in [6.45, 7) is 3.73. The molecule has 23 heavy (non-hydrogen) atoms. The van der Waals surface area contributed by atoms with E-state index in [1.807, 2.05) is 60.7 Å². The van der Waals surface area contributed by atoms with Crippen LogP contribution in [0.3, 0.4) is 0 Å². The highest BCUT2D eigenvalue weighted by Crippen LogP contribution is 2.31. The van der Waals surface area contributed by atoms with E-state index in [4.69, 9.17) is 4.42 Å². The highest BCUT2D eigenvalue weighted by atomic mass is 16.4. The standard InChI is InChI=1S/C21H18O2/c1-2-3-14-21(22,15-13-17-9-5-4-6-10-17)20-16-18-11-7-8-12-19(18)23-20/h2,4-12,16,22H,1,3,14H2. The van der Waals surface area contributed by atoms with Gasteiger partial charge >= 0.3 is 0 Å². The van der Waals surface area contributed by atoms with E-state index >= 15 is 0 Å². The molecule has 114 valence electrons. The summed E-state index contributed by atoms with van der Waals surface area (Å²) in [6, 6.07) is 19.2. The molecule has 1 atom stereocenters. The van der Waals surface area contributed by atoms with Crippen molar-refractivity contribution in [1.82, 2.24) is 0 Å². The second-order valence-corrected chi connectivity index (χ2v) is 5.45. The summed E-state index contributed by atoms with van der Waals surface area (Å²) in [5.74, 6) is 6.51. The van der Waals surface area contributed by atoms with Crippen LogP contribution in [0.4, 0.5) is 0 Å². The summed E-state index contributed by atoms with van der Waals surface area (Å²) in [5.41, 5.74) is 0.282. The molecule has 1 heterocycles. The van der Waals surface area contributed by atoms with Crippen molar-refractivity contribution in [2.24, 2.45) is 0 Å². The fraction of sp³-hybridized carbons (Fsp3) is 0.143. The van der Waals surface area contributed by atoms with Gasteiger partial charge in [-0.2, -0.15) is 0 Å². The van der Waals surface area contributed by atoms with Crippen molar-refractivity contribution in [1.29, 1.82) is 0 Å². The number of allylic oxidation sites excluding steroid dienone is 1. The van der Waals surface area contributed by atoms with Crippen molar-refractivity contribution in [3.8, 4) is 11.8 Å². The maximum Gasteiger partial charge on any atom is 0.184 e. The van der Waals surface area contributed by atoms with Crippen LogP contribution in [0.15, 0.2) is 77.7 Å². The van der Waals surface area contributed by atoms with Crippen LogP contribution in [0.5, 0.6) is 0 Å². The third kappa shape index (κ3) is 3.36. The maximum atomic E-state index is 11.1. The van der Waals surface area contributed by atoms with Gasteiger partial charge in [0.05, 0.1) is 0 Å². The van der Waals surface area contributed by atoms with Crippen LogP contribution in [0.1, 0.15) is 24.2 Å². The van der Waals surface area contributed by atoms with Crippen molar-refractivity contribution in [2.75, 3.05) is 0 Å². The first kappa shape index (κ1) is 15.1. The Morgan fingerprint density at radius 3 is 2.57 bits per heavy atom. The molecule has 0 aliphatic rings. The molecule has 0 spiro atoms. The SMILES string of the molecule is C=CCCC(O)(C#Cc1ccccc1)c1cc2ccccc2o1. The molecule has 1 N–H and O–H groups in total. The third-order valence-corrected chi connectivity index (χ3v) is 3.73. The van der Waals surface area contributed by atoms with Gasteiger partial charge < -0.3 is 9.52 Å². The Morgan fingerprint density at radius 2 is 1.83 bits per heavy atom. The van der Waals surface area contributed by atoms with E-state index in [1.165, 1.54) is 0 Å². The molecule has 0 saturated heterocycles. The number of hydrogen-bond donors (Lipinski definition) is 1. The summed E-state index contributed by atoms with van der Waals surface area (Å²) in [5, 5.41) is 12.0. The fourth-order valence-corrected chi connectivity index (χ4v) is 2.44. The van der Waals surface area contributed by atoms with Gasteiger partial charge in [0.2, 0.25) is 0 Å². The molecule has 1 aromatic heterocycles. The van der Waals surface area contributed by atoms with Gasteiger partial charge in [-0.25, -0.2) is 0 Å². The van der Waals surface area contributed by atoms with Crippen LogP contribution >= 0.6 is 0 Å². The molecule has 0 aliphatic carbocycles. The Hall–Kier alpha value is -2.76. The number of para-hydroxylation sites is 1. The molecular formula is C21H18O2. The van der Waals surface area contributed by atoms with Crippen molar-refractivity contribution >= 4 is 11.0 Å². The molecule has 3 rings (SSSR count). The lowest BCUT2D eigenvalue weighted by molar-refractivity contribution is 0.0688. The first-order valence-electron chi connectivity index (χ1n) is 7.62. The van der Waals surface area contributed by atoms with Gasteiger partial charge in [-0.1, -0.05) is 54.3 Å². The summed E-state index contributed by atoms with van der Waals surface area (Å²) in [7, 11) is 0. The Morgan fingerprint density at radius 1 is 1.09 bits per heavy atom. The largest absolute Gasteiger partial charge is 0.457 e. The molecule has 2 nitrogen and oxygen atoms in total. The fourth-order valence-electron chi connectivity index (χ4n) is 2.44. The van der Waals surface area contributed by atoms with Crippen LogP contribution in [0.25, 0.3) is 11.0 Å². The van der Waals surface area contributed by atoms with Crippen LogP contribution < -0.4 is 0 Å². The van der Waals surface area contributed by atoms with Crippen LogP contribution in [0.2, 0.25) is 0 Å². The van der Waals surface area contributed by atoms with Crippen LogP contribution in [-0.2, 0) is 5.60 Å². The molecule has 3 aromatic rings. The predicted molar refractivity (Wildman–Crippen MR) is 92.9 cm³/mol. The lowest BCUT2D eigenvalue weighted by Gasteiger charge is -2.18. The summed E-state index contributed by atoms with van der Waals surface area (Å²) < 4.78 is 5.83. The maximum absolute atomic E-state index is 11.1. The minimum absolute atomic E-state index is 0.441. The molecule has 0 bridgehead atoms. The van der Waals surface area contributed by atoms with E-state index in [0.29, 0.717) is 18.6 Å². The monoisotopic (exact) mass is 302 g/mol. The number of rotatable bonds is 4. The minimum atomic E-state index is -1.33.